The van der Waals surface area contributed by atoms with Crippen LogP contribution in [-0.4, -0.2) is 39.9 Å². The van der Waals surface area contributed by atoms with Gasteiger partial charge in [0, 0.05) is 24.9 Å². The Morgan fingerprint density at radius 2 is 1.88 bits per heavy atom. The minimum atomic E-state index is -0.325. The molecule has 0 spiro atoms. The van der Waals surface area contributed by atoms with Crippen LogP contribution in [0.2, 0.25) is 0 Å². The average Bonchev–Trinajstić information content (AvgIpc) is 2.64. The van der Waals surface area contributed by atoms with E-state index in [0.717, 1.165) is 5.69 Å². The van der Waals surface area contributed by atoms with Crippen molar-refractivity contribution in [3.63, 3.8) is 0 Å². The second-order valence-electron chi connectivity index (χ2n) is 5.53. The lowest BCUT2D eigenvalue weighted by Gasteiger charge is -2.18. The first-order chi connectivity index (χ1) is 12.5. The first-order valence-electron chi connectivity index (χ1n) is 8.17. The van der Waals surface area contributed by atoms with Crippen LogP contribution in [0, 0.1) is 5.82 Å². The van der Waals surface area contributed by atoms with E-state index in [9.17, 15) is 4.39 Å². The molecule has 0 saturated carbocycles. The van der Waals surface area contributed by atoms with Crippen LogP contribution in [0.5, 0.6) is 17.2 Å². The lowest BCUT2D eigenvalue weighted by molar-refractivity contribution is 0.223. The van der Waals surface area contributed by atoms with E-state index in [2.05, 4.69) is 15.6 Å². The maximum Gasteiger partial charge on any atom is 0.195 e. The number of methoxy groups -OCH3 is 2. The Kier molecular flexibility index (Phi) is 7.08. The number of nitrogens with zero attached hydrogens (tertiary/aromatic N) is 1. The summed E-state index contributed by atoms with van der Waals surface area (Å²) in [6.45, 7) is 2.38. The van der Waals surface area contributed by atoms with Gasteiger partial charge in [0.25, 0.3) is 0 Å². The molecule has 0 radical (unpaired) electrons. The summed E-state index contributed by atoms with van der Waals surface area (Å²) in [6.07, 6.45) is -0.180. The fraction of sp³-hybridized carbons (Fsp3) is 0.316. The van der Waals surface area contributed by atoms with E-state index in [1.807, 2.05) is 25.1 Å². The number of anilines is 1. The van der Waals surface area contributed by atoms with E-state index >= 15 is 0 Å². The molecule has 2 aromatic rings. The summed E-state index contributed by atoms with van der Waals surface area (Å²) in [5.41, 5.74) is 0.800. The van der Waals surface area contributed by atoms with Gasteiger partial charge in [0.1, 0.15) is 17.7 Å². The van der Waals surface area contributed by atoms with Crippen LogP contribution in [0.4, 0.5) is 10.1 Å². The predicted octanol–water partition coefficient (Wildman–Crippen LogP) is 3.30. The van der Waals surface area contributed by atoms with Gasteiger partial charge >= 0.3 is 0 Å². The van der Waals surface area contributed by atoms with E-state index in [0.29, 0.717) is 29.8 Å². The molecule has 0 saturated heterocycles. The molecule has 2 rings (SSSR count). The number of rotatable bonds is 7. The molecule has 26 heavy (non-hydrogen) atoms. The van der Waals surface area contributed by atoms with Crippen LogP contribution >= 0.6 is 0 Å². The molecule has 0 aliphatic heterocycles. The normalized spacial score (nSPS) is 12.3. The van der Waals surface area contributed by atoms with Gasteiger partial charge in [0.2, 0.25) is 0 Å². The molecular formula is C19H24FN3O3. The molecule has 2 aromatic carbocycles. The smallest absolute Gasteiger partial charge is 0.195 e. The third-order valence-corrected chi connectivity index (χ3v) is 3.56. The minimum Gasteiger partial charge on any atom is -0.493 e. The van der Waals surface area contributed by atoms with E-state index < -0.39 is 0 Å². The second kappa shape index (κ2) is 9.50. The molecule has 1 unspecified atom stereocenters. The number of nitrogens with one attached hydrogen (secondary N) is 2. The Morgan fingerprint density at radius 3 is 2.54 bits per heavy atom. The minimum absolute atomic E-state index is 0.180. The van der Waals surface area contributed by atoms with Crippen molar-refractivity contribution < 1.29 is 18.6 Å². The molecule has 0 amide bonds. The molecule has 0 fully saturated rings. The van der Waals surface area contributed by atoms with Gasteiger partial charge in [-0.05, 0) is 31.2 Å². The number of aliphatic imine (C=N–C) groups is 1. The van der Waals surface area contributed by atoms with Gasteiger partial charge in [-0.25, -0.2) is 4.39 Å². The van der Waals surface area contributed by atoms with E-state index in [-0.39, 0.29) is 11.9 Å². The molecule has 6 nitrogen and oxygen atoms in total. The van der Waals surface area contributed by atoms with Gasteiger partial charge in [-0.2, -0.15) is 0 Å². The molecule has 0 heterocycles. The Bertz CT molecular complexity index is 753. The number of halogens is 1. The van der Waals surface area contributed by atoms with E-state index in [1.54, 1.807) is 33.4 Å². The van der Waals surface area contributed by atoms with Crippen molar-refractivity contribution >= 4 is 11.6 Å². The molecule has 7 heteroatoms. The number of hydrogen-bond acceptors (Lipinski definition) is 4. The maximum absolute atomic E-state index is 13.2. The van der Waals surface area contributed by atoms with Crippen molar-refractivity contribution in [2.24, 2.45) is 4.99 Å². The fourth-order valence-electron chi connectivity index (χ4n) is 2.28. The number of guanidine groups is 1. The molecule has 2 N–H and O–H groups in total. The van der Waals surface area contributed by atoms with Crippen molar-refractivity contribution in [2.75, 3.05) is 33.1 Å². The third-order valence-electron chi connectivity index (χ3n) is 3.56. The van der Waals surface area contributed by atoms with Gasteiger partial charge in [-0.15, -0.1) is 0 Å². The summed E-state index contributed by atoms with van der Waals surface area (Å²) in [5, 5.41) is 6.34. The Labute approximate surface area is 153 Å². The van der Waals surface area contributed by atoms with Crippen molar-refractivity contribution in [1.29, 1.82) is 0 Å². The van der Waals surface area contributed by atoms with Crippen LogP contribution in [0.15, 0.2) is 47.5 Å². The van der Waals surface area contributed by atoms with Crippen molar-refractivity contribution in [2.45, 2.75) is 13.0 Å². The first kappa shape index (κ1) is 19.4. The van der Waals surface area contributed by atoms with E-state index in [1.165, 1.54) is 12.1 Å². The Morgan fingerprint density at radius 1 is 1.12 bits per heavy atom. The summed E-state index contributed by atoms with van der Waals surface area (Å²) >= 11 is 0. The van der Waals surface area contributed by atoms with Gasteiger partial charge in [-0.3, -0.25) is 4.99 Å². The molecule has 0 aromatic heterocycles. The largest absolute Gasteiger partial charge is 0.493 e. The van der Waals surface area contributed by atoms with Crippen LogP contribution < -0.4 is 24.8 Å². The lowest BCUT2D eigenvalue weighted by atomic mass is 10.2. The monoisotopic (exact) mass is 361 g/mol. The first-order valence-corrected chi connectivity index (χ1v) is 8.17. The molecule has 0 aliphatic carbocycles. The summed E-state index contributed by atoms with van der Waals surface area (Å²) in [4.78, 5) is 4.18. The standard InChI is InChI=1S/C19H24FN3O3/c1-13(26-16-7-5-6-14(20)10-16)12-22-19(21-2)23-15-8-9-17(24-3)18(11-15)25-4/h5-11,13H,12H2,1-4H3,(H2,21,22,23). The van der Waals surface area contributed by atoms with Gasteiger partial charge in [0.05, 0.1) is 20.8 Å². The zero-order valence-electron chi connectivity index (χ0n) is 15.4. The predicted molar refractivity (Wildman–Crippen MR) is 101 cm³/mol. The summed E-state index contributed by atoms with van der Waals surface area (Å²) in [5.74, 6) is 2.01. The van der Waals surface area contributed by atoms with Crippen molar-refractivity contribution in [1.82, 2.24) is 5.32 Å². The number of ether oxygens (including phenoxy) is 3. The van der Waals surface area contributed by atoms with Crippen molar-refractivity contribution in [3.05, 3.63) is 48.3 Å². The summed E-state index contributed by atoms with van der Waals surface area (Å²) in [7, 11) is 4.85. The Hall–Kier alpha value is -2.96. The SMILES string of the molecule is CN=C(NCC(C)Oc1cccc(F)c1)Nc1ccc(OC)c(OC)c1. The van der Waals surface area contributed by atoms with E-state index in [4.69, 9.17) is 14.2 Å². The zero-order valence-corrected chi connectivity index (χ0v) is 15.4. The molecule has 140 valence electrons. The van der Waals surface area contributed by atoms with Gasteiger partial charge < -0.3 is 24.8 Å². The quantitative estimate of drug-likeness (QED) is 0.585. The second-order valence-corrected chi connectivity index (χ2v) is 5.53. The Balaban J connectivity index is 1.91. The van der Waals surface area contributed by atoms with Gasteiger partial charge in [0.15, 0.2) is 17.5 Å². The highest BCUT2D eigenvalue weighted by atomic mass is 19.1. The molecular weight excluding hydrogens is 337 g/mol. The maximum atomic E-state index is 13.2. The van der Waals surface area contributed by atoms with Crippen LogP contribution in [0.3, 0.4) is 0 Å². The topological polar surface area (TPSA) is 64.1 Å². The fourth-order valence-corrected chi connectivity index (χ4v) is 2.28. The highest BCUT2D eigenvalue weighted by Gasteiger charge is 2.09. The third kappa shape index (κ3) is 5.54. The zero-order chi connectivity index (χ0) is 18.9. The molecule has 0 aliphatic rings. The van der Waals surface area contributed by atoms with Gasteiger partial charge in [-0.1, -0.05) is 6.07 Å². The highest BCUT2D eigenvalue weighted by Crippen LogP contribution is 2.29. The molecule has 0 bridgehead atoms. The van der Waals surface area contributed by atoms with Crippen LogP contribution in [-0.2, 0) is 0 Å². The van der Waals surface area contributed by atoms with Crippen LogP contribution in [0.25, 0.3) is 0 Å². The highest BCUT2D eigenvalue weighted by molar-refractivity contribution is 5.93. The summed E-state index contributed by atoms with van der Waals surface area (Å²) in [6, 6.07) is 11.6. The lowest BCUT2D eigenvalue weighted by Crippen LogP contribution is -2.37. The average molecular weight is 361 g/mol. The van der Waals surface area contributed by atoms with Crippen molar-refractivity contribution in [3.8, 4) is 17.2 Å². The van der Waals surface area contributed by atoms with Crippen LogP contribution in [0.1, 0.15) is 6.92 Å². The molecule has 1 atom stereocenters. The number of benzene rings is 2. The summed E-state index contributed by atoms with van der Waals surface area (Å²) < 4.78 is 29.4. The number of hydrogen-bond donors (Lipinski definition) is 2.